The highest BCUT2D eigenvalue weighted by molar-refractivity contribution is 7.26. The van der Waals surface area contributed by atoms with Crippen molar-refractivity contribution in [2.75, 3.05) is 14.7 Å². The fourth-order valence-corrected chi connectivity index (χ4v) is 19.5. The Morgan fingerprint density at radius 2 is 1.20 bits per heavy atom. The first-order chi connectivity index (χ1) is 37.7. The second kappa shape index (κ2) is 14.9. The molecule has 5 aliphatic heterocycles. The topological polar surface area (TPSA) is 9.72 Å². The van der Waals surface area contributed by atoms with Crippen LogP contribution in [0.25, 0.3) is 31.3 Å². The molecule has 15 rings (SSSR count). The van der Waals surface area contributed by atoms with Crippen molar-refractivity contribution in [3.8, 4) is 11.1 Å². The van der Waals surface area contributed by atoms with Crippen LogP contribution in [0.3, 0.4) is 0 Å². The maximum Gasteiger partial charge on any atom is 0.253 e. The number of anilines is 7. The summed E-state index contributed by atoms with van der Waals surface area (Å²) in [5.41, 5.74) is 18.2. The van der Waals surface area contributed by atoms with Crippen molar-refractivity contribution in [3.63, 3.8) is 0 Å². The van der Waals surface area contributed by atoms with Gasteiger partial charge in [0, 0.05) is 70.7 Å². The van der Waals surface area contributed by atoms with Gasteiger partial charge in [0.1, 0.15) is 0 Å². The van der Waals surface area contributed by atoms with Crippen molar-refractivity contribution in [2.24, 2.45) is 10.8 Å². The Kier molecular flexibility index (Phi) is 8.46. The smallest absolute Gasteiger partial charge is 0.253 e. The van der Waals surface area contributed by atoms with E-state index >= 15 is 0 Å². The molecule has 2 fully saturated rings. The first-order valence-corrected chi connectivity index (χ1v) is 29.6. The second-order valence-corrected chi connectivity index (χ2v) is 29.5. The Morgan fingerprint density at radius 1 is 0.553 bits per heavy atom. The molecule has 6 heterocycles. The highest BCUT2D eigenvalue weighted by Crippen LogP contribution is 2.67. The van der Waals surface area contributed by atoms with Crippen LogP contribution in [0, 0.1) is 10.8 Å². The third-order valence-corrected chi connectivity index (χ3v) is 23.0. The molecule has 384 valence electrons. The van der Waals surface area contributed by atoms with Crippen LogP contribution in [0.5, 0.6) is 0 Å². The normalized spacial score (nSPS) is 26.2. The maximum atomic E-state index is 9.99. The zero-order valence-electron chi connectivity index (χ0n) is 51.3. The van der Waals surface area contributed by atoms with Crippen molar-refractivity contribution in [1.82, 2.24) is 0 Å². The van der Waals surface area contributed by atoms with Crippen LogP contribution in [0.1, 0.15) is 175 Å². The SMILES string of the molecule is [2H]c1c([2H])c([2H])c2c(c1[2H])N(c1cc3c4c(c1)N1c5c6cc(cc5C5(C)CCCCC15C)C(C(C)(C)C)(C(C)(C)C)c1ccc5sc7ccc(c(c7c5c1)B64)N3c1ccc(C(C)(C)C)cc1-c1ccccc1)C1(C)CCCCC21C. The number of rotatable bonds is 3. The van der Waals surface area contributed by atoms with Gasteiger partial charge in [-0.05, 0) is 166 Å². The van der Waals surface area contributed by atoms with Gasteiger partial charge in [0.25, 0.3) is 6.71 Å². The van der Waals surface area contributed by atoms with Crippen LogP contribution in [0.2, 0.25) is 0 Å². The van der Waals surface area contributed by atoms with Gasteiger partial charge in [-0.3, -0.25) is 0 Å². The van der Waals surface area contributed by atoms with Gasteiger partial charge in [0.05, 0.1) is 22.2 Å². The van der Waals surface area contributed by atoms with Gasteiger partial charge in [-0.25, -0.2) is 0 Å². The van der Waals surface area contributed by atoms with E-state index in [1.54, 1.807) is 0 Å². The van der Waals surface area contributed by atoms with Crippen LogP contribution in [-0.4, -0.2) is 17.8 Å². The molecule has 2 saturated carbocycles. The molecule has 2 aliphatic carbocycles. The Labute approximate surface area is 463 Å². The Hall–Kier alpha value is -5.78. The van der Waals surface area contributed by atoms with Gasteiger partial charge in [-0.15, -0.1) is 11.3 Å². The van der Waals surface area contributed by atoms with E-state index < -0.39 is 11.0 Å². The molecule has 3 nitrogen and oxygen atoms in total. The van der Waals surface area contributed by atoms with Crippen LogP contribution in [0.15, 0.2) is 127 Å². The number of nitrogens with zero attached hydrogens (tertiary/aromatic N) is 3. The second-order valence-electron chi connectivity index (χ2n) is 28.4. The summed E-state index contributed by atoms with van der Waals surface area (Å²) in [6, 6.07) is 41.1. The largest absolute Gasteiger partial charge is 0.335 e. The molecule has 0 saturated heterocycles. The molecular formula is C71H76BN3S. The molecule has 0 radical (unpaired) electrons. The lowest BCUT2D eigenvalue weighted by molar-refractivity contribution is 0.0906. The number of para-hydroxylation sites is 1. The summed E-state index contributed by atoms with van der Waals surface area (Å²) in [6.45, 7) is 31.7. The predicted molar refractivity (Wildman–Crippen MR) is 328 cm³/mol. The fraction of sp³-hybridized carbons (Fsp3) is 0.408. The molecule has 4 unspecified atom stereocenters. The highest BCUT2D eigenvalue weighted by Gasteiger charge is 2.64. The van der Waals surface area contributed by atoms with E-state index in [-0.39, 0.29) is 63.5 Å². The lowest BCUT2D eigenvalue weighted by Crippen LogP contribution is -2.65. The van der Waals surface area contributed by atoms with Crippen molar-refractivity contribution in [3.05, 3.63) is 155 Å². The molecular weight excluding hydrogens is 938 g/mol. The zero-order chi connectivity index (χ0) is 56.1. The van der Waals surface area contributed by atoms with Gasteiger partial charge < -0.3 is 14.7 Å². The summed E-state index contributed by atoms with van der Waals surface area (Å²) in [7, 11) is 0. The van der Waals surface area contributed by atoms with E-state index in [4.69, 9.17) is 1.37 Å². The van der Waals surface area contributed by atoms with E-state index in [0.29, 0.717) is 5.69 Å². The molecule has 0 N–H and O–H groups in total. The minimum atomic E-state index is -0.540. The van der Waals surface area contributed by atoms with Gasteiger partial charge in [0.15, 0.2) is 0 Å². The van der Waals surface area contributed by atoms with E-state index in [1.165, 1.54) is 93.4 Å². The monoisotopic (exact) mass is 1020 g/mol. The van der Waals surface area contributed by atoms with E-state index in [0.717, 1.165) is 67.6 Å². The Morgan fingerprint density at radius 3 is 1.91 bits per heavy atom. The summed E-state index contributed by atoms with van der Waals surface area (Å²) < 4.78 is 40.9. The minimum absolute atomic E-state index is 0.0586. The molecule has 4 bridgehead atoms. The first-order valence-electron chi connectivity index (χ1n) is 30.8. The summed E-state index contributed by atoms with van der Waals surface area (Å²) in [5.74, 6) is 0. The van der Waals surface area contributed by atoms with Gasteiger partial charge in [-0.1, -0.05) is 175 Å². The van der Waals surface area contributed by atoms with E-state index in [2.05, 4.69) is 208 Å². The summed E-state index contributed by atoms with van der Waals surface area (Å²) in [6.07, 6.45) is 8.25. The first kappa shape index (κ1) is 43.2. The highest BCUT2D eigenvalue weighted by atomic mass is 32.1. The standard InChI is InChI=1S/C71H76BN3S/c1-64(2,3)44-27-29-53(48(37-44)43-23-15-14-16-24-43)73-55-30-32-59-60-49-38-45(28-31-58(49)76-59)71(65(4,5)6,66(7,8)9)46-39-51-63-52(40-46)72(62(55)60)61-56(73)41-47(42-57(61)75(63)70(13)36-22-20-34-68(51,70)11)74-54-26-18-17-25-50(54)67(10)33-19-21-35-69(67,74)12/h14-18,23-32,37-42H,19-22,33-36H2,1-13H3/i17D,18D,25D,26D. The molecule has 4 atom stereocenters. The molecule has 0 spiro atoms. The number of hydrogen-bond acceptors (Lipinski definition) is 4. The van der Waals surface area contributed by atoms with Gasteiger partial charge in [0.2, 0.25) is 0 Å². The third kappa shape index (κ3) is 5.53. The quantitative estimate of drug-likeness (QED) is 0.163. The number of thiophene rings is 1. The summed E-state index contributed by atoms with van der Waals surface area (Å²) in [5, 5.41) is 2.70. The van der Waals surface area contributed by atoms with Crippen molar-refractivity contribution >= 4 is 94.4 Å². The summed E-state index contributed by atoms with van der Waals surface area (Å²) >= 11 is 1.94. The molecule has 7 aliphatic rings. The maximum absolute atomic E-state index is 9.99. The van der Waals surface area contributed by atoms with Gasteiger partial charge >= 0.3 is 0 Å². The zero-order valence-corrected chi connectivity index (χ0v) is 48.1. The average molecular weight is 1020 g/mol. The number of benzene rings is 7. The molecule has 0 amide bonds. The molecule has 1 aromatic heterocycles. The molecule has 76 heavy (non-hydrogen) atoms. The Balaban J connectivity index is 1.17. The van der Waals surface area contributed by atoms with E-state index in [1.807, 2.05) is 11.3 Å². The fourth-order valence-electron chi connectivity index (χ4n) is 18.4. The van der Waals surface area contributed by atoms with Crippen molar-refractivity contribution < 1.29 is 5.48 Å². The van der Waals surface area contributed by atoms with Crippen LogP contribution in [-0.2, 0) is 21.7 Å². The van der Waals surface area contributed by atoms with Crippen LogP contribution < -0.4 is 31.1 Å². The molecule has 7 aromatic carbocycles. The summed E-state index contributed by atoms with van der Waals surface area (Å²) in [4.78, 5) is 7.99. The average Bonchev–Trinajstić information content (AvgIpc) is 3.98. The van der Waals surface area contributed by atoms with Crippen molar-refractivity contribution in [2.45, 2.75) is 174 Å². The predicted octanol–water partition coefficient (Wildman–Crippen LogP) is 17.8. The third-order valence-electron chi connectivity index (χ3n) is 21.9. The Bertz CT molecular complexity index is 4070. The van der Waals surface area contributed by atoms with Crippen LogP contribution in [0.4, 0.5) is 39.8 Å². The van der Waals surface area contributed by atoms with E-state index in [9.17, 15) is 4.11 Å². The lowest BCUT2D eigenvalue weighted by Gasteiger charge is -2.55. The van der Waals surface area contributed by atoms with Crippen LogP contribution >= 0.6 is 11.3 Å². The molecule has 8 aromatic rings. The lowest BCUT2D eigenvalue weighted by atomic mass is 9.32. The number of hydrogen-bond donors (Lipinski definition) is 0. The van der Waals surface area contributed by atoms with Gasteiger partial charge in [-0.2, -0.15) is 0 Å². The minimum Gasteiger partial charge on any atom is -0.335 e. The molecule has 5 heteroatoms. The number of fused-ring (bicyclic) bond motifs is 9. The van der Waals surface area contributed by atoms with Crippen molar-refractivity contribution in [1.29, 1.82) is 0 Å².